The van der Waals surface area contributed by atoms with Gasteiger partial charge < -0.3 is 24.4 Å². The van der Waals surface area contributed by atoms with Gasteiger partial charge in [0.05, 0.1) is 19.8 Å². The fraction of sp³-hybridized carbons (Fsp3) is 0.423. The Hall–Kier alpha value is -3.14. The number of ether oxygens (including phenoxy) is 3. The van der Waals surface area contributed by atoms with Crippen LogP contribution in [0, 0.1) is 5.82 Å². The molecule has 0 unspecified atom stereocenters. The van der Waals surface area contributed by atoms with Gasteiger partial charge in [-0.05, 0) is 54.4 Å². The zero-order valence-electron chi connectivity index (χ0n) is 19.8. The summed E-state index contributed by atoms with van der Waals surface area (Å²) in [6.45, 7) is 2.63. The number of halogens is 1. The molecule has 4 rings (SSSR count). The van der Waals surface area contributed by atoms with Crippen LogP contribution in [-0.2, 0) is 13.1 Å². The predicted molar refractivity (Wildman–Crippen MR) is 128 cm³/mol. The lowest BCUT2D eigenvalue weighted by atomic mass is 9.90. The summed E-state index contributed by atoms with van der Waals surface area (Å²) in [6, 6.07) is 13.3. The number of nitrogens with zero attached hydrogens (tertiary/aromatic N) is 3. The zero-order valence-corrected chi connectivity index (χ0v) is 19.8. The number of aromatic nitrogens is 2. The summed E-state index contributed by atoms with van der Waals surface area (Å²) >= 11 is 0. The second kappa shape index (κ2) is 11.5. The van der Waals surface area contributed by atoms with Crippen LogP contribution in [-0.4, -0.2) is 70.0 Å². The number of hydrogen-bond acceptors (Lipinski definition) is 7. The van der Waals surface area contributed by atoms with E-state index in [0.717, 1.165) is 18.5 Å². The van der Waals surface area contributed by atoms with Gasteiger partial charge in [0.1, 0.15) is 23.8 Å². The molecule has 2 N–H and O–H groups in total. The van der Waals surface area contributed by atoms with E-state index in [4.69, 9.17) is 14.2 Å². The van der Waals surface area contributed by atoms with Gasteiger partial charge in [-0.3, -0.25) is 9.58 Å². The van der Waals surface area contributed by atoms with E-state index >= 15 is 0 Å². The van der Waals surface area contributed by atoms with Crippen LogP contribution in [0.25, 0.3) is 0 Å². The summed E-state index contributed by atoms with van der Waals surface area (Å²) in [6.07, 6.45) is 3.98. The maximum absolute atomic E-state index is 13.1. The summed E-state index contributed by atoms with van der Waals surface area (Å²) in [7, 11) is 1.61. The predicted octanol–water partition coefficient (Wildman–Crippen LogP) is 2.88. The quantitative estimate of drug-likeness (QED) is 0.404. The highest BCUT2D eigenvalue weighted by Crippen LogP contribution is 2.30. The van der Waals surface area contributed by atoms with Gasteiger partial charge in [0.25, 0.3) is 0 Å². The van der Waals surface area contributed by atoms with Crippen LogP contribution in [0.15, 0.2) is 60.9 Å². The minimum absolute atomic E-state index is 0.0937. The molecule has 9 heteroatoms. The summed E-state index contributed by atoms with van der Waals surface area (Å²) < 4.78 is 32.1. The van der Waals surface area contributed by atoms with Crippen LogP contribution in [0.3, 0.4) is 0 Å². The first-order chi connectivity index (χ1) is 16.9. The normalized spacial score (nSPS) is 20.5. The van der Waals surface area contributed by atoms with Crippen molar-refractivity contribution < 1.29 is 28.8 Å². The maximum Gasteiger partial charge on any atom is 0.161 e. The third-order valence-corrected chi connectivity index (χ3v) is 6.12. The van der Waals surface area contributed by atoms with E-state index in [2.05, 4.69) is 10.00 Å². The minimum Gasteiger partial charge on any atom is -0.493 e. The number of rotatable bonds is 11. The summed E-state index contributed by atoms with van der Waals surface area (Å²) in [5.41, 5.74) is -0.434. The number of aliphatic hydroxyl groups is 2. The molecule has 1 fully saturated rings. The Balaban J connectivity index is 1.34. The molecule has 0 aliphatic carbocycles. The Bertz CT molecular complexity index is 1060. The number of aryl methyl sites for hydroxylation is 1. The Morgan fingerprint density at radius 1 is 1.14 bits per heavy atom. The van der Waals surface area contributed by atoms with Gasteiger partial charge in [0.15, 0.2) is 11.5 Å². The van der Waals surface area contributed by atoms with Crippen molar-refractivity contribution >= 4 is 0 Å². The number of hydrogen-bond donors (Lipinski definition) is 2. The van der Waals surface area contributed by atoms with Crippen LogP contribution in [0.2, 0.25) is 0 Å². The SMILES string of the molecule is COc1ccc(CN2CC[C@H](O)[C@@](O)(COc3ccc(F)cc3)C2)cc1OCCCn1cccn1. The van der Waals surface area contributed by atoms with Gasteiger partial charge in [-0.1, -0.05) is 6.07 Å². The van der Waals surface area contributed by atoms with E-state index in [1.165, 1.54) is 24.3 Å². The van der Waals surface area contributed by atoms with Crippen LogP contribution in [0.1, 0.15) is 18.4 Å². The molecule has 0 amide bonds. The Morgan fingerprint density at radius 2 is 1.97 bits per heavy atom. The molecule has 2 atom stereocenters. The third kappa shape index (κ3) is 6.72. The highest BCUT2D eigenvalue weighted by Gasteiger charge is 2.42. The molecule has 0 radical (unpaired) electrons. The van der Waals surface area contributed by atoms with Gasteiger partial charge in [0.2, 0.25) is 0 Å². The number of methoxy groups -OCH3 is 1. The molecule has 1 aliphatic heterocycles. The van der Waals surface area contributed by atoms with Gasteiger partial charge in [0, 0.05) is 45.0 Å². The largest absolute Gasteiger partial charge is 0.493 e. The molecule has 2 heterocycles. The van der Waals surface area contributed by atoms with E-state index in [0.29, 0.717) is 43.4 Å². The minimum atomic E-state index is -1.44. The molecule has 0 saturated carbocycles. The average Bonchev–Trinajstić information content (AvgIpc) is 3.38. The van der Waals surface area contributed by atoms with Crippen molar-refractivity contribution in [3.8, 4) is 17.2 Å². The lowest BCUT2D eigenvalue weighted by Gasteiger charge is -2.42. The molecule has 3 aromatic rings. The standard InChI is InChI=1S/C26H32FN3O5/c1-33-23-9-4-20(16-24(23)34-15-3-13-30-12-2-11-28-30)17-29-14-10-25(31)26(32,18-29)19-35-22-7-5-21(27)6-8-22/h2,4-9,11-12,16,25,31-32H,3,10,13-15,17-19H2,1H3/t25-,26-/m0/s1. The highest BCUT2D eigenvalue weighted by atomic mass is 19.1. The Morgan fingerprint density at radius 3 is 2.71 bits per heavy atom. The first-order valence-electron chi connectivity index (χ1n) is 11.7. The van der Waals surface area contributed by atoms with Gasteiger partial charge >= 0.3 is 0 Å². The first-order valence-corrected chi connectivity index (χ1v) is 11.7. The molecule has 188 valence electrons. The van der Waals surface area contributed by atoms with E-state index < -0.39 is 11.7 Å². The second-order valence-electron chi connectivity index (χ2n) is 8.82. The van der Waals surface area contributed by atoms with E-state index in [1.807, 2.05) is 35.1 Å². The molecule has 0 bridgehead atoms. The van der Waals surface area contributed by atoms with Crippen LogP contribution in [0.4, 0.5) is 4.39 Å². The summed E-state index contributed by atoms with van der Waals surface area (Å²) in [5, 5.41) is 25.8. The van der Waals surface area contributed by atoms with E-state index in [-0.39, 0.29) is 19.0 Å². The molecule has 2 aromatic carbocycles. The molecule has 0 spiro atoms. The monoisotopic (exact) mass is 485 g/mol. The van der Waals surface area contributed by atoms with Crippen molar-refractivity contribution in [1.82, 2.24) is 14.7 Å². The number of piperidine rings is 1. The molecule has 1 aromatic heterocycles. The second-order valence-corrected chi connectivity index (χ2v) is 8.82. The lowest BCUT2D eigenvalue weighted by molar-refractivity contribution is -0.140. The zero-order chi connectivity index (χ0) is 24.7. The molecular weight excluding hydrogens is 453 g/mol. The summed E-state index contributed by atoms with van der Waals surface area (Å²) in [4.78, 5) is 2.07. The molecule has 1 saturated heterocycles. The Labute approximate surface area is 204 Å². The maximum atomic E-state index is 13.1. The fourth-order valence-electron chi connectivity index (χ4n) is 4.19. The van der Waals surface area contributed by atoms with E-state index in [9.17, 15) is 14.6 Å². The van der Waals surface area contributed by atoms with Crippen molar-refractivity contribution in [3.05, 3.63) is 72.3 Å². The van der Waals surface area contributed by atoms with Gasteiger partial charge in [-0.25, -0.2) is 4.39 Å². The van der Waals surface area contributed by atoms with Crippen molar-refractivity contribution in [2.45, 2.75) is 37.6 Å². The molecule has 8 nitrogen and oxygen atoms in total. The van der Waals surface area contributed by atoms with Crippen molar-refractivity contribution in [3.63, 3.8) is 0 Å². The third-order valence-electron chi connectivity index (χ3n) is 6.12. The summed E-state index contributed by atoms with van der Waals surface area (Å²) in [5.74, 6) is 1.40. The Kier molecular flexibility index (Phi) is 8.22. The molecule has 35 heavy (non-hydrogen) atoms. The topological polar surface area (TPSA) is 89.2 Å². The van der Waals surface area contributed by atoms with Crippen LogP contribution >= 0.6 is 0 Å². The highest BCUT2D eigenvalue weighted by molar-refractivity contribution is 5.43. The van der Waals surface area contributed by atoms with Crippen LogP contribution < -0.4 is 14.2 Å². The van der Waals surface area contributed by atoms with Gasteiger partial charge in [-0.15, -0.1) is 0 Å². The van der Waals surface area contributed by atoms with Crippen molar-refractivity contribution in [2.75, 3.05) is 33.4 Å². The molecule has 1 aliphatic rings. The molecular formula is C26H32FN3O5. The number of β-amino-alcohol motifs (C(OH)–C–C–N with tert-alkyl or cyclic N) is 1. The fourth-order valence-corrected chi connectivity index (χ4v) is 4.19. The van der Waals surface area contributed by atoms with Crippen molar-refractivity contribution in [2.24, 2.45) is 0 Å². The number of likely N-dealkylation sites (tertiary alicyclic amines) is 1. The van der Waals surface area contributed by atoms with Crippen molar-refractivity contribution in [1.29, 1.82) is 0 Å². The smallest absolute Gasteiger partial charge is 0.161 e. The van der Waals surface area contributed by atoms with E-state index in [1.54, 1.807) is 13.3 Å². The first kappa shape index (κ1) is 25.0. The lowest BCUT2D eigenvalue weighted by Crippen LogP contribution is -2.59. The number of aliphatic hydroxyl groups excluding tert-OH is 1. The van der Waals surface area contributed by atoms with Gasteiger partial charge in [-0.2, -0.15) is 5.10 Å². The van der Waals surface area contributed by atoms with Crippen LogP contribution in [0.5, 0.6) is 17.2 Å². The number of benzene rings is 2. The average molecular weight is 486 g/mol.